The number of halogens is 2. The van der Waals surface area contributed by atoms with E-state index in [2.05, 4.69) is 5.32 Å². The van der Waals surface area contributed by atoms with E-state index in [4.69, 9.17) is 40.2 Å². The monoisotopic (exact) mass is 333 g/mol. The summed E-state index contributed by atoms with van der Waals surface area (Å²) >= 11 is 18.3. The Balaban J connectivity index is 2.35. The number of benzene rings is 1. The van der Waals surface area contributed by atoms with Crippen LogP contribution < -0.4 is 10.1 Å². The molecule has 1 aromatic carbocycles. The molecule has 2 rings (SSSR count). The van der Waals surface area contributed by atoms with Crippen molar-refractivity contribution in [1.82, 2.24) is 5.32 Å². The molecule has 1 N–H and O–H groups in total. The molecule has 0 radical (unpaired) electrons. The Kier molecular flexibility index (Phi) is 4.73. The van der Waals surface area contributed by atoms with E-state index in [-0.39, 0.29) is 5.91 Å². The highest BCUT2D eigenvalue weighted by molar-refractivity contribution is 8.26. The Labute approximate surface area is 130 Å². The Hall–Kier alpha value is -0.750. The van der Waals surface area contributed by atoms with Gasteiger partial charge in [-0.15, -0.1) is 0 Å². The van der Waals surface area contributed by atoms with E-state index < -0.39 is 0 Å². The molecule has 1 aliphatic heterocycles. The molecule has 1 fully saturated rings. The molecule has 1 amide bonds. The quantitative estimate of drug-likeness (QED) is 0.672. The minimum atomic E-state index is -0.212. The van der Waals surface area contributed by atoms with Crippen LogP contribution in [0.5, 0.6) is 5.75 Å². The van der Waals surface area contributed by atoms with E-state index in [1.807, 2.05) is 6.92 Å². The Morgan fingerprint density at radius 1 is 1.42 bits per heavy atom. The van der Waals surface area contributed by atoms with E-state index in [1.54, 1.807) is 18.2 Å². The van der Waals surface area contributed by atoms with Gasteiger partial charge in [0.05, 0.1) is 21.6 Å². The number of nitrogens with one attached hydrogen (secondary N) is 1. The minimum absolute atomic E-state index is 0.212. The van der Waals surface area contributed by atoms with Crippen molar-refractivity contribution in [2.24, 2.45) is 0 Å². The first kappa shape index (κ1) is 14.7. The highest BCUT2D eigenvalue weighted by atomic mass is 35.5. The van der Waals surface area contributed by atoms with Gasteiger partial charge in [0.2, 0.25) is 0 Å². The third-order valence-electron chi connectivity index (χ3n) is 2.25. The maximum atomic E-state index is 11.5. The second-order valence-electron chi connectivity index (χ2n) is 3.60. The van der Waals surface area contributed by atoms with Crippen LogP contribution in [0.25, 0.3) is 6.08 Å². The SMILES string of the molecule is CCOc1c(Cl)cc(/C=C2\SC(=S)NC2=O)cc1Cl. The molecule has 0 saturated carbocycles. The number of ether oxygens (including phenoxy) is 1. The summed E-state index contributed by atoms with van der Waals surface area (Å²) in [5.74, 6) is 0.239. The van der Waals surface area contributed by atoms with Crippen molar-refractivity contribution >= 4 is 63.5 Å². The van der Waals surface area contributed by atoms with Crippen LogP contribution >= 0.6 is 47.2 Å². The third kappa shape index (κ3) is 3.42. The van der Waals surface area contributed by atoms with Gasteiger partial charge in [-0.3, -0.25) is 4.79 Å². The summed E-state index contributed by atoms with van der Waals surface area (Å²) in [6.07, 6.45) is 1.69. The van der Waals surface area contributed by atoms with E-state index >= 15 is 0 Å². The lowest BCUT2D eigenvalue weighted by Gasteiger charge is -2.08. The number of carbonyl (C=O) groups is 1. The zero-order valence-electron chi connectivity index (χ0n) is 9.83. The lowest BCUT2D eigenvalue weighted by molar-refractivity contribution is -0.115. The van der Waals surface area contributed by atoms with Crippen LogP contribution in [0.1, 0.15) is 12.5 Å². The number of thioether (sulfide) groups is 1. The summed E-state index contributed by atoms with van der Waals surface area (Å²) in [5.41, 5.74) is 0.723. The lowest BCUT2D eigenvalue weighted by Crippen LogP contribution is -2.17. The molecule has 3 nitrogen and oxygen atoms in total. The largest absolute Gasteiger partial charge is 0.491 e. The molecule has 19 heavy (non-hydrogen) atoms. The van der Waals surface area contributed by atoms with Gasteiger partial charge in [-0.25, -0.2) is 0 Å². The minimum Gasteiger partial charge on any atom is -0.491 e. The fourth-order valence-electron chi connectivity index (χ4n) is 1.52. The molecule has 1 saturated heterocycles. The van der Waals surface area contributed by atoms with Crippen molar-refractivity contribution in [3.63, 3.8) is 0 Å². The molecule has 0 aromatic heterocycles. The van der Waals surface area contributed by atoms with Gasteiger partial charge in [0.25, 0.3) is 5.91 Å². The van der Waals surface area contributed by atoms with E-state index in [0.717, 1.165) is 5.56 Å². The molecule has 0 bridgehead atoms. The van der Waals surface area contributed by atoms with Crippen molar-refractivity contribution in [2.45, 2.75) is 6.92 Å². The normalized spacial score (nSPS) is 16.9. The number of carbonyl (C=O) groups excluding carboxylic acids is 1. The summed E-state index contributed by atoms with van der Waals surface area (Å²) in [4.78, 5) is 12.1. The smallest absolute Gasteiger partial charge is 0.263 e. The molecule has 0 aliphatic carbocycles. The number of thiocarbonyl (C=S) groups is 1. The van der Waals surface area contributed by atoms with Gasteiger partial charge in [0.15, 0.2) is 5.75 Å². The zero-order chi connectivity index (χ0) is 14.0. The van der Waals surface area contributed by atoms with Crippen LogP contribution in [-0.4, -0.2) is 16.8 Å². The van der Waals surface area contributed by atoms with Crippen molar-refractivity contribution in [3.8, 4) is 5.75 Å². The predicted molar refractivity (Wildman–Crippen MR) is 83.9 cm³/mol. The number of hydrogen-bond donors (Lipinski definition) is 1. The molecule has 1 heterocycles. The first-order chi connectivity index (χ1) is 9.01. The van der Waals surface area contributed by atoms with Gasteiger partial charge in [-0.2, -0.15) is 0 Å². The van der Waals surface area contributed by atoms with Crippen molar-refractivity contribution in [2.75, 3.05) is 6.61 Å². The summed E-state index contributed by atoms with van der Waals surface area (Å²) in [5, 5.41) is 3.36. The van der Waals surface area contributed by atoms with Gasteiger partial charge in [-0.1, -0.05) is 47.2 Å². The second kappa shape index (κ2) is 6.13. The van der Waals surface area contributed by atoms with Crippen LogP contribution in [0.2, 0.25) is 10.0 Å². The van der Waals surface area contributed by atoms with Crippen LogP contribution in [0.3, 0.4) is 0 Å². The molecule has 1 aromatic rings. The van der Waals surface area contributed by atoms with Gasteiger partial charge < -0.3 is 10.1 Å². The zero-order valence-corrected chi connectivity index (χ0v) is 13.0. The maximum Gasteiger partial charge on any atom is 0.263 e. The van der Waals surface area contributed by atoms with Crippen molar-refractivity contribution in [3.05, 3.63) is 32.6 Å². The van der Waals surface area contributed by atoms with Crippen molar-refractivity contribution in [1.29, 1.82) is 0 Å². The van der Waals surface area contributed by atoms with Crippen LogP contribution in [0.15, 0.2) is 17.0 Å². The van der Waals surface area contributed by atoms with E-state index in [0.29, 0.717) is 31.6 Å². The van der Waals surface area contributed by atoms with Crippen LogP contribution in [0, 0.1) is 0 Å². The second-order valence-corrected chi connectivity index (χ2v) is 6.13. The maximum absolute atomic E-state index is 11.5. The summed E-state index contributed by atoms with van der Waals surface area (Å²) in [6.45, 7) is 2.33. The topological polar surface area (TPSA) is 38.3 Å². The molecule has 0 atom stereocenters. The number of hydrogen-bond acceptors (Lipinski definition) is 4. The van der Waals surface area contributed by atoms with Gasteiger partial charge in [0, 0.05) is 0 Å². The molecular formula is C12H9Cl2NO2S2. The number of rotatable bonds is 3. The van der Waals surface area contributed by atoms with Gasteiger partial charge in [0.1, 0.15) is 4.32 Å². The van der Waals surface area contributed by atoms with Gasteiger partial charge >= 0.3 is 0 Å². The fourth-order valence-corrected chi connectivity index (χ4v) is 3.17. The first-order valence-corrected chi connectivity index (χ1v) is 7.36. The van der Waals surface area contributed by atoms with Crippen molar-refractivity contribution < 1.29 is 9.53 Å². The Morgan fingerprint density at radius 3 is 2.53 bits per heavy atom. The van der Waals surface area contributed by atoms with E-state index in [9.17, 15) is 4.79 Å². The van der Waals surface area contributed by atoms with Crippen LogP contribution in [-0.2, 0) is 4.79 Å². The molecule has 0 unspecified atom stereocenters. The molecule has 0 spiro atoms. The van der Waals surface area contributed by atoms with Gasteiger partial charge in [-0.05, 0) is 30.7 Å². The Bertz CT molecular complexity index is 564. The number of amides is 1. The molecular weight excluding hydrogens is 325 g/mol. The summed E-state index contributed by atoms with van der Waals surface area (Å²) in [6, 6.07) is 3.39. The average molecular weight is 334 g/mol. The molecule has 7 heteroatoms. The third-order valence-corrected chi connectivity index (χ3v) is 3.97. The lowest BCUT2D eigenvalue weighted by atomic mass is 10.2. The highest BCUT2D eigenvalue weighted by Crippen LogP contribution is 2.36. The highest BCUT2D eigenvalue weighted by Gasteiger charge is 2.22. The van der Waals surface area contributed by atoms with E-state index in [1.165, 1.54) is 11.8 Å². The predicted octanol–water partition coefficient (Wildman–Crippen LogP) is 3.88. The molecule has 1 aliphatic rings. The molecule has 100 valence electrons. The summed E-state index contributed by atoms with van der Waals surface area (Å²) < 4.78 is 5.78. The average Bonchev–Trinajstić information content (AvgIpc) is 2.62. The van der Waals surface area contributed by atoms with Crippen LogP contribution in [0.4, 0.5) is 0 Å². The summed E-state index contributed by atoms with van der Waals surface area (Å²) in [7, 11) is 0. The first-order valence-electron chi connectivity index (χ1n) is 5.38. The Morgan fingerprint density at radius 2 is 2.05 bits per heavy atom. The standard InChI is InChI=1S/C12H9Cl2NO2S2/c1-2-17-10-7(13)3-6(4-8(10)14)5-9-11(16)15-12(18)19-9/h3-5H,2H2,1H3,(H,15,16,18)/b9-5-. The fraction of sp³-hybridized carbons (Fsp3) is 0.167.